The van der Waals surface area contributed by atoms with Gasteiger partial charge in [0.25, 0.3) is 5.91 Å². The Bertz CT molecular complexity index is 930. The molecule has 28 heavy (non-hydrogen) atoms. The van der Waals surface area contributed by atoms with Crippen LogP contribution >= 0.6 is 0 Å². The predicted molar refractivity (Wildman–Crippen MR) is 110 cm³/mol. The number of rotatable bonds is 5. The zero-order chi connectivity index (χ0) is 20.4. The van der Waals surface area contributed by atoms with Crippen LogP contribution in [0.3, 0.4) is 0 Å². The van der Waals surface area contributed by atoms with Crippen LogP contribution in [-0.2, 0) is 6.54 Å². The average molecular weight is 389 g/mol. The lowest BCUT2D eigenvalue weighted by molar-refractivity contribution is -0.880. The summed E-state index contributed by atoms with van der Waals surface area (Å²) in [5.74, 6) is -0.538. The molecule has 6 nitrogen and oxygen atoms in total. The van der Waals surface area contributed by atoms with Gasteiger partial charge < -0.3 is 19.7 Å². The monoisotopic (exact) mass is 389 g/mol. The first kappa shape index (κ1) is 20.3. The minimum Gasteiger partial charge on any atom is -0.358 e. The van der Waals surface area contributed by atoms with E-state index in [0.29, 0.717) is 24.3 Å². The second-order valence-electron chi connectivity index (χ2n) is 8.03. The van der Waals surface area contributed by atoms with Crippen LogP contribution < -0.4 is 20.5 Å². The number of nitrogens with one attached hydrogen (secondary N) is 2. The van der Waals surface area contributed by atoms with Crippen LogP contribution in [-0.4, -0.2) is 50.2 Å². The fourth-order valence-corrected chi connectivity index (χ4v) is 3.59. The van der Waals surface area contributed by atoms with Crippen molar-refractivity contribution in [2.75, 3.05) is 44.7 Å². The van der Waals surface area contributed by atoms with Crippen LogP contribution in [0.2, 0.25) is 0 Å². The number of fused-ring (bicyclic) bond motifs is 1. The van der Waals surface area contributed by atoms with E-state index in [9.17, 15) is 14.0 Å². The van der Waals surface area contributed by atoms with Gasteiger partial charge in [-0.05, 0) is 25.0 Å². The smallest absolute Gasteiger partial charge is 0.256 e. The maximum atomic E-state index is 14.9. The second-order valence-corrected chi connectivity index (χ2v) is 8.03. The fourth-order valence-electron chi connectivity index (χ4n) is 3.59. The maximum absolute atomic E-state index is 14.9. The zero-order valence-corrected chi connectivity index (χ0v) is 17.1. The molecule has 1 aromatic heterocycles. The Morgan fingerprint density at radius 2 is 1.96 bits per heavy atom. The van der Waals surface area contributed by atoms with Crippen molar-refractivity contribution in [3.8, 4) is 0 Å². The molecule has 0 saturated carbocycles. The summed E-state index contributed by atoms with van der Waals surface area (Å²) in [6.07, 6.45) is 1.59. The fraction of sp³-hybridized carbons (Fsp3) is 0.524. The number of carbonyl (C=O) groups excluding carboxylic acids is 1. The predicted octanol–water partition coefficient (Wildman–Crippen LogP) is 0.881. The van der Waals surface area contributed by atoms with E-state index in [0.717, 1.165) is 26.2 Å². The number of amides is 1. The Labute approximate surface area is 164 Å². The molecular weight excluding hydrogens is 359 g/mol. The summed E-state index contributed by atoms with van der Waals surface area (Å²) in [5, 5.41) is 3.03. The first-order valence-electron chi connectivity index (χ1n) is 10.0. The minimum absolute atomic E-state index is 0.0605. The first-order chi connectivity index (χ1) is 13.3. The maximum Gasteiger partial charge on any atom is 0.256 e. The number of aryl methyl sites for hydroxylation is 1. The highest BCUT2D eigenvalue weighted by Crippen LogP contribution is 2.25. The van der Waals surface area contributed by atoms with Crippen molar-refractivity contribution in [2.24, 2.45) is 5.92 Å². The number of piperazine rings is 1. The Balaban J connectivity index is 2.06. The Morgan fingerprint density at radius 1 is 1.29 bits per heavy atom. The van der Waals surface area contributed by atoms with E-state index in [1.54, 1.807) is 12.3 Å². The molecule has 0 spiro atoms. The minimum atomic E-state index is -0.422. The lowest BCUT2D eigenvalue weighted by Gasteiger charge is -2.32. The van der Waals surface area contributed by atoms with Crippen LogP contribution in [0.5, 0.6) is 0 Å². The average Bonchev–Trinajstić information content (AvgIpc) is 2.67. The van der Waals surface area contributed by atoms with Gasteiger partial charge in [0.15, 0.2) is 0 Å². The van der Waals surface area contributed by atoms with Crippen molar-refractivity contribution in [2.45, 2.75) is 27.3 Å². The molecule has 2 heterocycles. The van der Waals surface area contributed by atoms with Gasteiger partial charge in [-0.1, -0.05) is 13.8 Å². The summed E-state index contributed by atoms with van der Waals surface area (Å²) < 4.78 is 16.8. The molecule has 1 fully saturated rings. The molecule has 3 rings (SSSR count). The third-order valence-corrected chi connectivity index (χ3v) is 5.36. The van der Waals surface area contributed by atoms with Gasteiger partial charge in [0.05, 0.1) is 44.4 Å². The van der Waals surface area contributed by atoms with Gasteiger partial charge >= 0.3 is 0 Å². The molecular formula is C21H30FN4O2+. The summed E-state index contributed by atoms with van der Waals surface area (Å²) in [5.41, 5.74) is 0.828. The quantitative estimate of drug-likeness (QED) is 0.798. The van der Waals surface area contributed by atoms with Gasteiger partial charge in [-0.3, -0.25) is 9.59 Å². The van der Waals surface area contributed by atoms with Crippen molar-refractivity contribution < 1.29 is 14.1 Å². The number of nitrogens with zero attached hydrogens (tertiary/aromatic N) is 2. The van der Waals surface area contributed by atoms with E-state index in [-0.39, 0.29) is 16.9 Å². The number of hydrogen-bond acceptors (Lipinski definition) is 3. The highest BCUT2D eigenvalue weighted by atomic mass is 19.1. The number of likely N-dealkylation sites (N-methyl/N-ethyl adjacent to an activating group) is 1. The first-order valence-corrected chi connectivity index (χ1v) is 10.0. The number of hydrogen-bond donors (Lipinski definition) is 2. The van der Waals surface area contributed by atoms with Crippen LogP contribution in [0.4, 0.5) is 10.1 Å². The van der Waals surface area contributed by atoms with Crippen molar-refractivity contribution >= 4 is 22.5 Å². The van der Waals surface area contributed by atoms with Gasteiger partial charge in [-0.25, -0.2) is 4.39 Å². The zero-order valence-electron chi connectivity index (χ0n) is 17.1. The molecule has 0 radical (unpaired) electrons. The molecule has 0 aliphatic carbocycles. The van der Waals surface area contributed by atoms with Gasteiger partial charge in [0, 0.05) is 24.7 Å². The van der Waals surface area contributed by atoms with Gasteiger partial charge in [0.1, 0.15) is 11.4 Å². The highest BCUT2D eigenvalue weighted by molar-refractivity contribution is 5.97. The van der Waals surface area contributed by atoms with Crippen molar-refractivity contribution in [1.82, 2.24) is 9.88 Å². The summed E-state index contributed by atoms with van der Waals surface area (Å²) in [7, 11) is 2.13. The van der Waals surface area contributed by atoms with Crippen LogP contribution in [0.15, 0.2) is 23.1 Å². The van der Waals surface area contributed by atoms with Gasteiger partial charge in [-0.2, -0.15) is 0 Å². The number of pyridine rings is 1. The van der Waals surface area contributed by atoms with E-state index in [1.165, 1.54) is 11.0 Å². The normalized spacial score (nSPS) is 15.4. The molecule has 2 N–H and O–H groups in total. The van der Waals surface area contributed by atoms with E-state index in [4.69, 9.17) is 0 Å². The third-order valence-electron chi connectivity index (χ3n) is 5.36. The Hall–Kier alpha value is -2.41. The van der Waals surface area contributed by atoms with Crippen molar-refractivity contribution in [3.05, 3.63) is 39.9 Å². The van der Waals surface area contributed by atoms with Crippen LogP contribution in [0, 0.1) is 11.7 Å². The summed E-state index contributed by atoms with van der Waals surface area (Å²) in [4.78, 5) is 28.9. The number of benzene rings is 1. The standard InChI is InChI=1S/C21H29FN4O2/c1-5-25-13-16(21(28)23-12-14(2)3)20(27)15-10-17(22)19(11-18(15)25)26-8-6-24(4)7-9-26/h10-11,13-14H,5-9,12H2,1-4H3,(H,23,28)/p+1. The molecule has 0 bridgehead atoms. The molecule has 7 heteroatoms. The van der Waals surface area contributed by atoms with Crippen molar-refractivity contribution in [3.63, 3.8) is 0 Å². The summed E-state index contributed by atoms with van der Waals surface area (Å²) in [6, 6.07) is 3.05. The van der Waals surface area contributed by atoms with Crippen molar-refractivity contribution in [1.29, 1.82) is 0 Å². The van der Waals surface area contributed by atoms with Gasteiger partial charge in [-0.15, -0.1) is 0 Å². The molecule has 1 aliphatic heterocycles. The van der Waals surface area contributed by atoms with E-state index >= 15 is 0 Å². The molecule has 1 aliphatic rings. The van der Waals surface area contributed by atoms with E-state index < -0.39 is 17.2 Å². The number of quaternary nitrogens is 1. The molecule has 2 aromatic rings. The Kier molecular flexibility index (Phi) is 6.03. The largest absolute Gasteiger partial charge is 0.358 e. The third kappa shape index (κ3) is 4.04. The second kappa shape index (κ2) is 8.31. The summed E-state index contributed by atoms with van der Waals surface area (Å²) >= 11 is 0. The highest BCUT2D eigenvalue weighted by Gasteiger charge is 2.22. The van der Waals surface area contributed by atoms with E-state index in [2.05, 4.69) is 12.4 Å². The Morgan fingerprint density at radius 3 is 2.57 bits per heavy atom. The molecule has 152 valence electrons. The molecule has 1 amide bonds. The molecule has 0 unspecified atom stereocenters. The number of anilines is 1. The van der Waals surface area contributed by atoms with Crippen LogP contribution in [0.25, 0.3) is 10.9 Å². The van der Waals surface area contributed by atoms with E-state index in [1.807, 2.05) is 30.2 Å². The summed E-state index contributed by atoms with van der Waals surface area (Å²) in [6.45, 7) is 10.5. The molecule has 1 aromatic carbocycles. The topological polar surface area (TPSA) is 58.8 Å². The number of aromatic nitrogens is 1. The van der Waals surface area contributed by atoms with Gasteiger partial charge in [0.2, 0.25) is 5.43 Å². The number of halogens is 1. The van der Waals surface area contributed by atoms with Crippen LogP contribution in [0.1, 0.15) is 31.1 Å². The SMILES string of the molecule is CCn1cc(C(=O)NCC(C)C)c(=O)c2cc(F)c(N3CC[NH+](C)CC3)cc21. The lowest BCUT2D eigenvalue weighted by atomic mass is 10.1. The molecule has 0 atom stereocenters. The lowest BCUT2D eigenvalue weighted by Crippen LogP contribution is -3.12. The number of carbonyl (C=O) groups is 1. The molecule has 1 saturated heterocycles.